The number of aryl methyl sites for hydroxylation is 1. The summed E-state index contributed by atoms with van der Waals surface area (Å²) in [6.45, 7) is 12.0. The number of piperazine rings is 1. The van der Waals surface area contributed by atoms with Crippen LogP contribution in [0.15, 0.2) is 53.8 Å². The van der Waals surface area contributed by atoms with Crippen LogP contribution in [0.3, 0.4) is 0 Å². The van der Waals surface area contributed by atoms with E-state index >= 15 is 0 Å². The summed E-state index contributed by atoms with van der Waals surface area (Å²) < 4.78 is 0. The Balaban J connectivity index is 1.39. The third-order valence-electron chi connectivity index (χ3n) is 6.18. The fourth-order valence-electron chi connectivity index (χ4n) is 3.96. The molecule has 0 unspecified atom stereocenters. The molecule has 1 amide bonds. The second kappa shape index (κ2) is 11.4. The van der Waals surface area contributed by atoms with Gasteiger partial charge >= 0.3 is 0 Å². The predicted molar refractivity (Wildman–Crippen MR) is 137 cm³/mol. The van der Waals surface area contributed by atoms with E-state index in [0.717, 1.165) is 66.2 Å². The molecule has 178 valence electrons. The number of nitrogens with one attached hydrogen (secondary N) is 1. The Labute approximate surface area is 206 Å². The van der Waals surface area contributed by atoms with Gasteiger partial charge in [0.25, 0.3) is 5.91 Å². The van der Waals surface area contributed by atoms with Gasteiger partial charge in [-0.15, -0.1) is 0 Å². The molecule has 1 N–H and O–H groups in total. The summed E-state index contributed by atoms with van der Waals surface area (Å²) in [5, 5.41) is 3.72. The molecule has 1 aliphatic heterocycles. The van der Waals surface area contributed by atoms with Crippen LogP contribution in [0.2, 0.25) is 0 Å². The van der Waals surface area contributed by atoms with E-state index < -0.39 is 0 Å². The summed E-state index contributed by atoms with van der Waals surface area (Å²) in [5.74, 6) is 1.65. The summed E-state index contributed by atoms with van der Waals surface area (Å²) in [6, 6.07) is 13.4. The Hall–Kier alpha value is -2.97. The maximum absolute atomic E-state index is 12.6. The number of hydrogen-bond acceptors (Lipinski definition) is 7. The van der Waals surface area contributed by atoms with E-state index in [-0.39, 0.29) is 5.91 Å². The molecule has 1 saturated heterocycles. The Morgan fingerprint density at radius 3 is 2.62 bits per heavy atom. The van der Waals surface area contributed by atoms with Crippen LogP contribution in [0, 0.1) is 13.8 Å². The van der Waals surface area contributed by atoms with Crippen molar-refractivity contribution in [3.63, 3.8) is 0 Å². The summed E-state index contributed by atoms with van der Waals surface area (Å²) >= 11 is 1.61. The predicted octanol–water partition coefficient (Wildman–Crippen LogP) is 3.85. The van der Waals surface area contributed by atoms with Crippen LogP contribution in [0.4, 0.5) is 5.82 Å². The summed E-state index contributed by atoms with van der Waals surface area (Å²) in [6.07, 6.45) is 1.73. The molecule has 0 bridgehead atoms. The number of hydrogen-bond donors (Lipinski definition) is 1. The number of likely N-dealkylation sites (N-methyl/N-ethyl adjacent to an activating group) is 1. The van der Waals surface area contributed by atoms with Gasteiger partial charge in [0, 0.05) is 54.9 Å². The molecule has 2 aromatic heterocycles. The lowest BCUT2D eigenvalue weighted by molar-refractivity contribution is 0.0950. The molecule has 0 radical (unpaired) electrons. The SMILES string of the molecule is CCN1CCN(c2nc(SCc3cccc(C(=O)NCc4ccccn4)c3)nc(C)c2C)CC1. The highest BCUT2D eigenvalue weighted by atomic mass is 32.2. The number of nitrogens with zero attached hydrogens (tertiary/aromatic N) is 5. The molecule has 1 fully saturated rings. The van der Waals surface area contributed by atoms with Crippen molar-refractivity contribution in [1.29, 1.82) is 0 Å². The van der Waals surface area contributed by atoms with Gasteiger partial charge in [-0.25, -0.2) is 9.97 Å². The zero-order valence-electron chi connectivity index (χ0n) is 20.1. The molecule has 1 aliphatic rings. The minimum Gasteiger partial charge on any atom is -0.354 e. The topological polar surface area (TPSA) is 74.2 Å². The first-order chi connectivity index (χ1) is 16.5. The average Bonchev–Trinajstić information content (AvgIpc) is 2.88. The molecular weight excluding hydrogens is 444 g/mol. The van der Waals surface area contributed by atoms with Crippen molar-refractivity contribution < 1.29 is 4.79 Å². The fraction of sp³-hybridized carbons (Fsp3) is 0.385. The molecule has 4 rings (SSSR count). The van der Waals surface area contributed by atoms with Crippen molar-refractivity contribution >= 4 is 23.5 Å². The van der Waals surface area contributed by atoms with Crippen LogP contribution in [-0.4, -0.2) is 58.5 Å². The van der Waals surface area contributed by atoms with Gasteiger partial charge in [-0.05, 0) is 50.2 Å². The Bertz CT molecular complexity index is 1120. The normalized spacial score (nSPS) is 14.3. The van der Waals surface area contributed by atoms with Crippen molar-refractivity contribution in [3.8, 4) is 0 Å². The monoisotopic (exact) mass is 476 g/mol. The smallest absolute Gasteiger partial charge is 0.251 e. The third kappa shape index (κ3) is 6.12. The first-order valence-corrected chi connectivity index (χ1v) is 12.7. The number of rotatable bonds is 8. The van der Waals surface area contributed by atoms with Crippen LogP contribution in [0.25, 0.3) is 0 Å². The summed E-state index contributed by atoms with van der Waals surface area (Å²) in [7, 11) is 0. The molecule has 3 heterocycles. The van der Waals surface area contributed by atoms with Gasteiger partial charge in [0.2, 0.25) is 0 Å². The Morgan fingerprint density at radius 2 is 1.88 bits per heavy atom. The lowest BCUT2D eigenvalue weighted by Gasteiger charge is -2.35. The van der Waals surface area contributed by atoms with E-state index in [2.05, 4.69) is 40.9 Å². The number of carbonyl (C=O) groups is 1. The number of anilines is 1. The zero-order valence-corrected chi connectivity index (χ0v) is 20.9. The van der Waals surface area contributed by atoms with E-state index in [9.17, 15) is 4.79 Å². The van der Waals surface area contributed by atoms with Gasteiger partial charge in [0.1, 0.15) is 5.82 Å². The number of benzene rings is 1. The lowest BCUT2D eigenvalue weighted by Crippen LogP contribution is -2.46. The molecular formula is C26H32N6OS. The van der Waals surface area contributed by atoms with Crippen LogP contribution < -0.4 is 10.2 Å². The van der Waals surface area contributed by atoms with Gasteiger partial charge in [-0.2, -0.15) is 0 Å². The Kier molecular flexibility index (Phi) is 8.13. The van der Waals surface area contributed by atoms with E-state index in [1.54, 1.807) is 18.0 Å². The minimum atomic E-state index is -0.103. The second-order valence-corrected chi connectivity index (χ2v) is 9.40. The van der Waals surface area contributed by atoms with Gasteiger partial charge < -0.3 is 15.1 Å². The highest BCUT2D eigenvalue weighted by Gasteiger charge is 2.20. The van der Waals surface area contributed by atoms with E-state index in [0.29, 0.717) is 17.9 Å². The van der Waals surface area contributed by atoms with Gasteiger partial charge in [0.05, 0.1) is 12.2 Å². The van der Waals surface area contributed by atoms with Gasteiger partial charge in [-0.3, -0.25) is 9.78 Å². The fourth-order valence-corrected chi connectivity index (χ4v) is 4.79. The zero-order chi connectivity index (χ0) is 23.9. The summed E-state index contributed by atoms with van der Waals surface area (Å²) in [5.41, 5.74) is 4.72. The first-order valence-electron chi connectivity index (χ1n) is 11.8. The summed E-state index contributed by atoms with van der Waals surface area (Å²) in [4.78, 5) is 31.3. The van der Waals surface area contributed by atoms with Crippen LogP contribution in [0.5, 0.6) is 0 Å². The van der Waals surface area contributed by atoms with E-state index in [1.807, 2.05) is 42.5 Å². The van der Waals surface area contributed by atoms with Crippen molar-refractivity contribution in [2.45, 2.75) is 38.2 Å². The number of pyridine rings is 1. The molecule has 7 nitrogen and oxygen atoms in total. The second-order valence-electron chi connectivity index (χ2n) is 8.45. The third-order valence-corrected chi connectivity index (χ3v) is 7.09. The van der Waals surface area contributed by atoms with Crippen molar-refractivity contribution in [3.05, 3.63) is 76.7 Å². The maximum Gasteiger partial charge on any atom is 0.251 e. The quantitative estimate of drug-likeness (QED) is 0.391. The van der Waals surface area contributed by atoms with E-state index in [4.69, 9.17) is 9.97 Å². The van der Waals surface area contributed by atoms with Crippen molar-refractivity contribution in [2.75, 3.05) is 37.6 Å². The maximum atomic E-state index is 12.6. The van der Waals surface area contributed by atoms with Crippen molar-refractivity contribution in [1.82, 2.24) is 25.2 Å². The Morgan fingerprint density at radius 1 is 1.06 bits per heavy atom. The van der Waals surface area contributed by atoms with Crippen LogP contribution in [0.1, 0.15) is 39.8 Å². The molecule has 0 aliphatic carbocycles. The molecule has 8 heteroatoms. The van der Waals surface area contributed by atoms with Gasteiger partial charge in [0.15, 0.2) is 5.16 Å². The van der Waals surface area contributed by atoms with Gasteiger partial charge in [-0.1, -0.05) is 36.9 Å². The highest BCUT2D eigenvalue weighted by Crippen LogP contribution is 2.27. The van der Waals surface area contributed by atoms with Crippen molar-refractivity contribution in [2.24, 2.45) is 0 Å². The molecule has 3 aromatic rings. The van der Waals surface area contributed by atoms with Crippen LogP contribution in [-0.2, 0) is 12.3 Å². The molecule has 0 atom stereocenters. The number of aromatic nitrogens is 3. The lowest BCUT2D eigenvalue weighted by atomic mass is 10.1. The average molecular weight is 477 g/mol. The number of carbonyl (C=O) groups excluding carboxylic acids is 1. The molecule has 1 aromatic carbocycles. The standard InChI is InChI=1S/C26H32N6OS/c1-4-31-12-14-32(15-13-31)24-19(2)20(3)29-26(30-24)34-18-21-8-7-9-22(16-21)25(33)28-17-23-10-5-6-11-27-23/h5-11,16H,4,12-15,17-18H2,1-3H3,(H,28,33). The first kappa shape index (κ1) is 24.2. The largest absolute Gasteiger partial charge is 0.354 e. The molecule has 0 spiro atoms. The minimum absolute atomic E-state index is 0.103. The number of amides is 1. The molecule has 34 heavy (non-hydrogen) atoms. The van der Waals surface area contributed by atoms with E-state index in [1.165, 1.54) is 0 Å². The number of thioether (sulfide) groups is 1. The highest BCUT2D eigenvalue weighted by molar-refractivity contribution is 7.98. The van der Waals surface area contributed by atoms with Crippen LogP contribution >= 0.6 is 11.8 Å². The molecule has 0 saturated carbocycles.